The van der Waals surface area contributed by atoms with E-state index in [1.54, 1.807) is 12.1 Å². The first kappa shape index (κ1) is 13.8. The Hall–Kier alpha value is -2.31. The lowest BCUT2D eigenvalue weighted by Gasteiger charge is -2.07. The summed E-state index contributed by atoms with van der Waals surface area (Å²) in [4.78, 5) is 20.7. The van der Waals surface area contributed by atoms with Gasteiger partial charge in [-0.3, -0.25) is 14.9 Å². The van der Waals surface area contributed by atoms with Crippen molar-refractivity contribution in [1.82, 2.24) is 0 Å². The second-order valence-corrected chi connectivity index (χ2v) is 3.64. The number of anilines is 1. The molecule has 0 aromatic heterocycles. The fraction of sp³-hybridized carbons (Fsp3) is 0.364. The van der Waals surface area contributed by atoms with E-state index < -0.39 is 4.92 Å². The normalized spacial score (nSPS) is 9.83. The van der Waals surface area contributed by atoms with E-state index in [2.05, 4.69) is 5.32 Å². The van der Waals surface area contributed by atoms with E-state index in [0.717, 1.165) is 0 Å². The van der Waals surface area contributed by atoms with Crippen LogP contribution < -0.4 is 15.8 Å². The molecule has 0 saturated carbocycles. The number of nitrogens with zero attached hydrogens (tertiary/aromatic N) is 1. The molecule has 3 N–H and O–H groups in total. The molecule has 1 amide bonds. The number of methoxy groups -OCH3 is 1. The van der Waals surface area contributed by atoms with Crippen LogP contribution in [0.2, 0.25) is 0 Å². The van der Waals surface area contributed by atoms with Gasteiger partial charge in [-0.2, -0.15) is 0 Å². The van der Waals surface area contributed by atoms with Gasteiger partial charge in [0.1, 0.15) is 0 Å². The number of amides is 1. The number of nitro groups is 1. The maximum Gasteiger partial charge on any atom is 0.311 e. The lowest BCUT2D eigenvalue weighted by atomic mass is 10.2. The van der Waals surface area contributed by atoms with Crippen molar-refractivity contribution in [3.63, 3.8) is 0 Å². The van der Waals surface area contributed by atoms with Crippen molar-refractivity contribution in [3.8, 4) is 5.75 Å². The Kier molecular flexibility index (Phi) is 4.91. The molecule has 0 aliphatic carbocycles. The van der Waals surface area contributed by atoms with Crippen LogP contribution in [-0.2, 0) is 4.79 Å². The summed E-state index contributed by atoms with van der Waals surface area (Å²) in [6, 6.07) is 4.50. The standard InChI is InChI=1S/C11H15N3O4/c1-18-10-7-8(4-5-9(10)14(16)17)13-6-2-3-11(12)15/h4-5,7,13H,2-3,6H2,1H3,(H2,12,15). The fourth-order valence-corrected chi connectivity index (χ4v) is 1.43. The Morgan fingerprint density at radius 1 is 1.56 bits per heavy atom. The lowest BCUT2D eigenvalue weighted by molar-refractivity contribution is -0.385. The minimum atomic E-state index is -0.504. The van der Waals surface area contributed by atoms with Gasteiger partial charge in [0.05, 0.1) is 12.0 Å². The Labute approximate surface area is 104 Å². The Bertz CT molecular complexity index is 448. The van der Waals surface area contributed by atoms with Gasteiger partial charge in [-0.15, -0.1) is 0 Å². The van der Waals surface area contributed by atoms with Gasteiger partial charge in [-0.1, -0.05) is 0 Å². The van der Waals surface area contributed by atoms with Crippen LogP contribution in [0.1, 0.15) is 12.8 Å². The number of rotatable bonds is 7. The Morgan fingerprint density at radius 2 is 2.28 bits per heavy atom. The first-order valence-electron chi connectivity index (χ1n) is 5.39. The first-order chi connectivity index (χ1) is 8.54. The second kappa shape index (κ2) is 6.43. The molecule has 0 radical (unpaired) electrons. The zero-order valence-corrected chi connectivity index (χ0v) is 10.0. The van der Waals surface area contributed by atoms with Crippen LogP contribution in [0.3, 0.4) is 0 Å². The van der Waals surface area contributed by atoms with Gasteiger partial charge in [-0.25, -0.2) is 0 Å². The van der Waals surface area contributed by atoms with Gasteiger partial charge in [0.2, 0.25) is 5.91 Å². The molecular formula is C11H15N3O4. The third-order valence-electron chi connectivity index (χ3n) is 2.31. The second-order valence-electron chi connectivity index (χ2n) is 3.64. The van der Waals surface area contributed by atoms with Crippen LogP contribution in [-0.4, -0.2) is 24.5 Å². The number of nitrogens with two attached hydrogens (primary N) is 1. The van der Waals surface area contributed by atoms with Crippen molar-refractivity contribution in [2.75, 3.05) is 19.0 Å². The number of primary amides is 1. The van der Waals surface area contributed by atoms with Gasteiger partial charge in [0.25, 0.3) is 0 Å². The summed E-state index contributed by atoms with van der Waals surface area (Å²) in [7, 11) is 1.37. The minimum Gasteiger partial charge on any atom is -0.490 e. The predicted molar refractivity (Wildman–Crippen MR) is 66.6 cm³/mol. The summed E-state index contributed by atoms with van der Waals surface area (Å²) in [5, 5.41) is 13.7. The molecule has 0 atom stereocenters. The summed E-state index contributed by atoms with van der Waals surface area (Å²) in [6.07, 6.45) is 0.908. The largest absolute Gasteiger partial charge is 0.490 e. The van der Waals surface area contributed by atoms with Crippen LogP contribution >= 0.6 is 0 Å². The zero-order valence-electron chi connectivity index (χ0n) is 10.0. The maximum absolute atomic E-state index is 10.7. The van der Waals surface area contributed by atoms with Crippen molar-refractivity contribution in [1.29, 1.82) is 0 Å². The third kappa shape index (κ3) is 3.93. The Balaban J connectivity index is 2.62. The van der Waals surface area contributed by atoms with Gasteiger partial charge < -0.3 is 15.8 Å². The zero-order chi connectivity index (χ0) is 13.5. The van der Waals surface area contributed by atoms with Gasteiger partial charge >= 0.3 is 5.69 Å². The summed E-state index contributed by atoms with van der Waals surface area (Å²) in [5.41, 5.74) is 5.62. The van der Waals surface area contributed by atoms with E-state index in [1.807, 2.05) is 0 Å². The number of hydrogen-bond acceptors (Lipinski definition) is 5. The van der Waals surface area contributed by atoms with Gasteiger partial charge in [0, 0.05) is 30.8 Å². The highest BCUT2D eigenvalue weighted by molar-refractivity contribution is 5.73. The van der Waals surface area contributed by atoms with Gasteiger partial charge in [-0.05, 0) is 12.5 Å². The average molecular weight is 253 g/mol. The molecule has 1 rings (SSSR count). The van der Waals surface area contributed by atoms with Crippen molar-refractivity contribution >= 4 is 17.3 Å². The average Bonchev–Trinajstić information content (AvgIpc) is 2.33. The predicted octanol–water partition coefficient (Wildman–Crippen LogP) is 1.28. The third-order valence-corrected chi connectivity index (χ3v) is 2.31. The SMILES string of the molecule is COc1cc(NCCCC(N)=O)ccc1[N+](=O)[O-]. The van der Waals surface area contributed by atoms with Crippen LogP contribution in [0.25, 0.3) is 0 Å². The molecule has 18 heavy (non-hydrogen) atoms. The van der Waals surface area contributed by atoms with Gasteiger partial charge in [0.15, 0.2) is 5.75 Å². The number of carbonyl (C=O) groups excluding carboxylic acids is 1. The number of carbonyl (C=O) groups is 1. The molecular weight excluding hydrogens is 238 g/mol. The number of hydrogen-bond donors (Lipinski definition) is 2. The molecule has 0 heterocycles. The van der Waals surface area contributed by atoms with E-state index in [0.29, 0.717) is 25.1 Å². The molecule has 0 bridgehead atoms. The number of nitrogens with one attached hydrogen (secondary N) is 1. The van der Waals surface area contributed by atoms with Crippen molar-refractivity contribution < 1.29 is 14.5 Å². The van der Waals surface area contributed by atoms with Crippen molar-refractivity contribution in [3.05, 3.63) is 28.3 Å². The molecule has 0 aliphatic heterocycles. The summed E-state index contributed by atoms with van der Waals surface area (Å²) in [5.74, 6) is -0.155. The molecule has 7 heteroatoms. The monoisotopic (exact) mass is 253 g/mol. The van der Waals surface area contributed by atoms with Crippen molar-refractivity contribution in [2.24, 2.45) is 5.73 Å². The number of ether oxygens (including phenoxy) is 1. The molecule has 1 aromatic rings. The molecule has 0 saturated heterocycles. The van der Waals surface area contributed by atoms with Crippen molar-refractivity contribution in [2.45, 2.75) is 12.8 Å². The van der Waals surface area contributed by atoms with E-state index in [-0.39, 0.29) is 17.3 Å². The minimum absolute atomic E-state index is 0.0832. The van der Waals surface area contributed by atoms with E-state index in [1.165, 1.54) is 13.2 Å². The molecule has 0 spiro atoms. The first-order valence-corrected chi connectivity index (χ1v) is 5.39. The molecule has 98 valence electrons. The van der Waals surface area contributed by atoms with Crippen LogP contribution in [0.5, 0.6) is 5.75 Å². The van der Waals surface area contributed by atoms with E-state index >= 15 is 0 Å². The summed E-state index contributed by atoms with van der Waals surface area (Å²) >= 11 is 0. The highest BCUT2D eigenvalue weighted by Gasteiger charge is 2.14. The quantitative estimate of drug-likeness (QED) is 0.432. The molecule has 0 fully saturated rings. The fourth-order valence-electron chi connectivity index (χ4n) is 1.43. The topological polar surface area (TPSA) is 107 Å². The molecule has 0 aliphatic rings. The van der Waals surface area contributed by atoms with E-state index in [9.17, 15) is 14.9 Å². The summed E-state index contributed by atoms with van der Waals surface area (Å²) < 4.78 is 4.94. The highest BCUT2D eigenvalue weighted by atomic mass is 16.6. The van der Waals surface area contributed by atoms with Crippen LogP contribution in [0.4, 0.5) is 11.4 Å². The smallest absolute Gasteiger partial charge is 0.311 e. The Morgan fingerprint density at radius 3 is 2.83 bits per heavy atom. The molecule has 7 nitrogen and oxygen atoms in total. The highest BCUT2D eigenvalue weighted by Crippen LogP contribution is 2.29. The number of nitro benzene ring substituents is 1. The number of benzene rings is 1. The lowest BCUT2D eigenvalue weighted by Crippen LogP contribution is -2.12. The van der Waals surface area contributed by atoms with Crippen LogP contribution in [0.15, 0.2) is 18.2 Å². The summed E-state index contributed by atoms with van der Waals surface area (Å²) in [6.45, 7) is 0.559. The molecule has 0 unspecified atom stereocenters. The van der Waals surface area contributed by atoms with Crippen LogP contribution in [0, 0.1) is 10.1 Å². The maximum atomic E-state index is 10.7. The molecule has 1 aromatic carbocycles. The van der Waals surface area contributed by atoms with E-state index in [4.69, 9.17) is 10.5 Å².